The summed E-state index contributed by atoms with van der Waals surface area (Å²) < 4.78 is 5.15. The molecule has 0 aliphatic heterocycles. The predicted octanol–water partition coefficient (Wildman–Crippen LogP) is 3.21. The van der Waals surface area contributed by atoms with E-state index < -0.39 is 0 Å². The van der Waals surface area contributed by atoms with E-state index in [4.69, 9.17) is 4.74 Å². The Bertz CT molecular complexity index is 404. The van der Waals surface area contributed by atoms with Crippen LogP contribution in [-0.2, 0) is 9.59 Å². The molecule has 0 bridgehead atoms. The number of hydrogen-bond donors (Lipinski definition) is 1. The van der Waals surface area contributed by atoms with Crippen LogP contribution in [0.15, 0.2) is 30.3 Å². The first-order valence-electron chi connectivity index (χ1n) is 7.40. The molecule has 0 saturated carbocycles. The standard InChI is InChI=1S/C9H11NO2.C8H16O/c1-10-9(11)7-12-8-5-3-2-4-6-8;1-4-5-6-7(2)8(3)9/h2-6H,7H2,1H3,(H,10,11);7H,4-6H2,1-3H3. The summed E-state index contributed by atoms with van der Waals surface area (Å²) in [6, 6.07) is 9.23. The summed E-state index contributed by atoms with van der Waals surface area (Å²) in [6.45, 7) is 5.88. The van der Waals surface area contributed by atoms with E-state index in [0.29, 0.717) is 11.5 Å². The van der Waals surface area contributed by atoms with Gasteiger partial charge in [0.05, 0.1) is 0 Å². The molecule has 0 spiro atoms. The molecule has 4 nitrogen and oxygen atoms in total. The van der Waals surface area contributed by atoms with Crippen LogP contribution in [0.4, 0.5) is 0 Å². The number of benzene rings is 1. The molecule has 4 heteroatoms. The quantitative estimate of drug-likeness (QED) is 0.840. The normalized spacial score (nSPS) is 10.9. The number of hydrogen-bond acceptors (Lipinski definition) is 3. The number of likely N-dealkylation sites (N-methyl/N-ethyl adjacent to an activating group) is 1. The molecule has 0 aromatic heterocycles. The molecule has 21 heavy (non-hydrogen) atoms. The van der Waals surface area contributed by atoms with Crippen molar-refractivity contribution in [2.24, 2.45) is 5.92 Å². The van der Waals surface area contributed by atoms with Crippen LogP contribution in [0.1, 0.15) is 40.0 Å². The van der Waals surface area contributed by atoms with Crippen LogP contribution < -0.4 is 10.1 Å². The van der Waals surface area contributed by atoms with Gasteiger partial charge in [0.15, 0.2) is 6.61 Å². The number of para-hydroxylation sites is 1. The maximum absolute atomic E-state index is 10.7. The highest BCUT2D eigenvalue weighted by atomic mass is 16.5. The van der Waals surface area contributed by atoms with Crippen molar-refractivity contribution in [2.75, 3.05) is 13.7 Å². The summed E-state index contributed by atoms with van der Waals surface area (Å²) >= 11 is 0. The van der Waals surface area contributed by atoms with Gasteiger partial charge in [-0.2, -0.15) is 0 Å². The minimum Gasteiger partial charge on any atom is -0.484 e. The van der Waals surface area contributed by atoms with Crippen molar-refractivity contribution >= 4 is 11.7 Å². The van der Waals surface area contributed by atoms with Crippen molar-refractivity contribution in [1.82, 2.24) is 5.32 Å². The molecule has 1 rings (SSSR count). The molecular formula is C17H27NO3. The van der Waals surface area contributed by atoms with Gasteiger partial charge in [0, 0.05) is 13.0 Å². The number of carbonyl (C=O) groups excluding carboxylic acids is 2. The molecule has 1 aromatic rings. The van der Waals surface area contributed by atoms with Crippen molar-refractivity contribution in [3.05, 3.63) is 30.3 Å². The number of carbonyl (C=O) groups is 2. The van der Waals surface area contributed by atoms with E-state index in [1.807, 2.05) is 37.3 Å². The summed E-state index contributed by atoms with van der Waals surface area (Å²) in [5, 5.41) is 2.47. The van der Waals surface area contributed by atoms with Gasteiger partial charge >= 0.3 is 0 Å². The van der Waals surface area contributed by atoms with Crippen molar-refractivity contribution in [3.63, 3.8) is 0 Å². The fourth-order valence-corrected chi connectivity index (χ4v) is 1.45. The number of rotatable bonds is 7. The molecule has 1 amide bonds. The van der Waals surface area contributed by atoms with Gasteiger partial charge in [-0.3, -0.25) is 9.59 Å². The number of ether oxygens (including phenoxy) is 1. The van der Waals surface area contributed by atoms with E-state index in [9.17, 15) is 9.59 Å². The van der Waals surface area contributed by atoms with Gasteiger partial charge in [-0.25, -0.2) is 0 Å². The van der Waals surface area contributed by atoms with Gasteiger partial charge in [-0.1, -0.05) is 44.9 Å². The molecule has 1 N–H and O–H groups in total. The topological polar surface area (TPSA) is 55.4 Å². The van der Waals surface area contributed by atoms with E-state index in [1.54, 1.807) is 14.0 Å². The maximum atomic E-state index is 10.7. The summed E-state index contributed by atoms with van der Waals surface area (Å²) in [7, 11) is 1.58. The lowest BCUT2D eigenvalue weighted by molar-refractivity contribution is -0.122. The summed E-state index contributed by atoms with van der Waals surface area (Å²) in [5.74, 6) is 1.19. The van der Waals surface area contributed by atoms with E-state index in [-0.39, 0.29) is 18.4 Å². The Labute approximate surface area is 127 Å². The van der Waals surface area contributed by atoms with Gasteiger partial charge in [0.1, 0.15) is 11.5 Å². The average Bonchev–Trinajstić information content (AvgIpc) is 2.51. The largest absolute Gasteiger partial charge is 0.484 e. The average molecular weight is 293 g/mol. The Kier molecular flexibility index (Phi) is 10.9. The number of amides is 1. The second-order valence-corrected chi connectivity index (χ2v) is 4.93. The predicted molar refractivity (Wildman–Crippen MR) is 85.4 cm³/mol. The zero-order chi connectivity index (χ0) is 16.1. The molecule has 0 aliphatic rings. The second-order valence-electron chi connectivity index (χ2n) is 4.93. The van der Waals surface area contributed by atoms with Crippen LogP contribution in [0, 0.1) is 5.92 Å². The first kappa shape index (κ1) is 19.2. The molecular weight excluding hydrogens is 266 g/mol. The van der Waals surface area contributed by atoms with E-state index in [2.05, 4.69) is 12.2 Å². The smallest absolute Gasteiger partial charge is 0.257 e. The minimum absolute atomic E-state index is 0.0700. The molecule has 0 fully saturated rings. The minimum atomic E-state index is -0.126. The zero-order valence-corrected chi connectivity index (χ0v) is 13.5. The number of Topliss-reactive ketones (excluding diaryl/α,β-unsaturated/α-hetero) is 1. The number of ketones is 1. The van der Waals surface area contributed by atoms with Crippen molar-refractivity contribution in [1.29, 1.82) is 0 Å². The Hall–Kier alpha value is -1.84. The van der Waals surface area contributed by atoms with Crippen molar-refractivity contribution in [3.8, 4) is 5.75 Å². The second kappa shape index (κ2) is 11.9. The van der Waals surface area contributed by atoms with Gasteiger partial charge in [-0.05, 0) is 25.5 Å². The van der Waals surface area contributed by atoms with Gasteiger partial charge in [-0.15, -0.1) is 0 Å². The highest BCUT2D eigenvalue weighted by Crippen LogP contribution is 2.08. The third-order valence-corrected chi connectivity index (χ3v) is 3.08. The van der Waals surface area contributed by atoms with Gasteiger partial charge in [0.25, 0.3) is 5.91 Å². The van der Waals surface area contributed by atoms with Crippen LogP contribution in [0.2, 0.25) is 0 Å². The fraction of sp³-hybridized carbons (Fsp3) is 0.529. The summed E-state index contributed by atoms with van der Waals surface area (Å²) in [6.07, 6.45) is 3.43. The molecule has 0 radical (unpaired) electrons. The maximum Gasteiger partial charge on any atom is 0.257 e. The zero-order valence-electron chi connectivity index (χ0n) is 13.5. The van der Waals surface area contributed by atoms with Crippen molar-refractivity contribution in [2.45, 2.75) is 40.0 Å². The Balaban J connectivity index is 0.000000400. The van der Waals surface area contributed by atoms with Crippen molar-refractivity contribution < 1.29 is 14.3 Å². The Morgan fingerprint density at radius 3 is 2.33 bits per heavy atom. The van der Waals surface area contributed by atoms with E-state index in [0.717, 1.165) is 6.42 Å². The fourth-order valence-electron chi connectivity index (χ4n) is 1.45. The van der Waals surface area contributed by atoms with Gasteiger partial charge < -0.3 is 10.1 Å². The molecule has 0 saturated heterocycles. The first-order chi connectivity index (χ1) is 10.0. The molecule has 118 valence electrons. The molecule has 1 atom stereocenters. The van der Waals surface area contributed by atoms with E-state index >= 15 is 0 Å². The molecule has 0 aliphatic carbocycles. The highest BCUT2D eigenvalue weighted by Gasteiger charge is 2.04. The van der Waals surface area contributed by atoms with Crippen LogP contribution >= 0.6 is 0 Å². The third kappa shape index (κ3) is 10.6. The summed E-state index contributed by atoms with van der Waals surface area (Å²) in [5.41, 5.74) is 0. The molecule has 0 heterocycles. The third-order valence-electron chi connectivity index (χ3n) is 3.08. The first-order valence-corrected chi connectivity index (χ1v) is 7.40. The molecule has 1 aromatic carbocycles. The SMILES string of the molecule is CCCCC(C)C(C)=O.CNC(=O)COc1ccccc1. The van der Waals surface area contributed by atoms with Crippen LogP contribution in [0.25, 0.3) is 0 Å². The summed E-state index contributed by atoms with van der Waals surface area (Å²) in [4.78, 5) is 21.4. The lowest BCUT2D eigenvalue weighted by Crippen LogP contribution is -2.24. The molecule has 1 unspecified atom stereocenters. The van der Waals surface area contributed by atoms with Gasteiger partial charge in [0.2, 0.25) is 0 Å². The van der Waals surface area contributed by atoms with Crippen LogP contribution in [0.3, 0.4) is 0 Å². The van der Waals surface area contributed by atoms with E-state index in [1.165, 1.54) is 12.8 Å². The number of nitrogens with one attached hydrogen (secondary N) is 1. The Morgan fingerprint density at radius 2 is 1.86 bits per heavy atom. The number of unbranched alkanes of at least 4 members (excludes halogenated alkanes) is 1. The lowest BCUT2D eigenvalue weighted by atomic mass is 10.0. The lowest BCUT2D eigenvalue weighted by Gasteiger charge is -2.03. The monoisotopic (exact) mass is 293 g/mol. The van der Waals surface area contributed by atoms with Crippen LogP contribution in [0.5, 0.6) is 5.75 Å². The Morgan fingerprint density at radius 1 is 1.24 bits per heavy atom. The highest BCUT2D eigenvalue weighted by molar-refractivity contribution is 5.77. The van der Waals surface area contributed by atoms with Crippen LogP contribution in [-0.4, -0.2) is 25.3 Å².